The third-order valence-electron chi connectivity index (χ3n) is 2.67. The summed E-state index contributed by atoms with van der Waals surface area (Å²) < 4.78 is 17.9. The first-order valence-corrected chi connectivity index (χ1v) is 4.94. The lowest BCUT2D eigenvalue weighted by atomic mass is 10.1. The highest BCUT2D eigenvalue weighted by Crippen LogP contribution is 2.21. The molecule has 0 radical (unpaired) electrons. The van der Waals surface area contributed by atoms with Crippen LogP contribution in [-0.2, 0) is 0 Å². The Balaban J connectivity index is 2.04. The minimum absolute atomic E-state index is 0.129. The first-order valence-electron chi connectivity index (χ1n) is 4.94. The Morgan fingerprint density at radius 2 is 2.29 bits per heavy atom. The molecular weight excluding hydrogens is 183 g/mol. The quantitative estimate of drug-likeness (QED) is 0.791. The first-order chi connectivity index (χ1) is 6.92. The molecule has 1 fully saturated rings. The molecule has 1 aliphatic rings. The molecule has 14 heavy (non-hydrogen) atoms. The Morgan fingerprint density at radius 1 is 1.50 bits per heavy atom. The van der Waals surface area contributed by atoms with Crippen LogP contribution in [0.1, 0.15) is 11.6 Å². The summed E-state index contributed by atoms with van der Waals surface area (Å²) in [6.07, 6.45) is 3.23. The highest BCUT2D eigenvalue weighted by molar-refractivity contribution is 5.12. The maximum atomic E-state index is 12.9. The van der Waals surface area contributed by atoms with Gasteiger partial charge in [0.1, 0.15) is 6.67 Å². The van der Waals surface area contributed by atoms with Crippen molar-refractivity contribution < 1.29 is 8.81 Å². The number of nitrogens with zero attached hydrogens (tertiary/aromatic N) is 1. The minimum Gasteiger partial charge on any atom is -0.472 e. The Bertz CT molecular complexity index is 257. The van der Waals surface area contributed by atoms with E-state index < -0.39 is 0 Å². The van der Waals surface area contributed by atoms with E-state index in [1.54, 1.807) is 12.5 Å². The molecule has 2 rings (SSSR count). The van der Waals surface area contributed by atoms with Gasteiger partial charge >= 0.3 is 0 Å². The summed E-state index contributed by atoms with van der Waals surface area (Å²) in [5.41, 5.74) is 0.939. The van der Waals surface area contributed by atoms with Crippen LogP contribution in [0.15, 0.2) is 23.0 Å². The van der Waals surface area contributed by atoms with Gasteiger partial charge in [-0.3, -0.25) is 4.90 Å². The Kier molecular flexibility index (Phi) is 3.16. The van der Waals surface area contributed by atoms with Gasteiger partial charge in [0.15, 0.2) is 0 Å². The van der Waals surface area contributed by atoms with Crippen LogP contribution >= 0.6 is 0 Å². The molecule has 1 aromatic heterocycles. The summed E-state index contributed by atoms with van der Waals surface area (Å²) in [6, 6.07) is 1.71. The maximum Gasteiger partial charge on any atom is 0.109 e. The smallest absolute Gasteiger partial charge is 0.109 e. The van der Waals surface area contributed by atoms with Crippen molar-refractivity contribution in [3.63, 3.8) is 0 Å². The molecule has 0 bridgehead atoms. The third-order valence-corrected chi connectivity index (χ3v) is 2.67. The van der Waals surface area contributed by atoms with E-state index in [0.717, 1.165) is 31.7 Å². The number of alkyl halides is 1. The number of hydrogen-bond acceptors (Lipinski definition) is 3. The molecule has 0 amide bonds. The predicted molar refractivity (Wildman–Crippen MR) is 51.9 cm³/mol. The van der Waals surface area contributed by atoms with Crippen molar-refractivity contribution in [1.82, 2.24) is 10.2 Å². The van der Waals surface area contributed by atoms with E-state index in [2.05, 4.69) is 10.2 Å². The van der Waals surface area contributed by atoms with Gasteiger partial charge in [0.05, 0.1) is 18.6 Å². The van der Waals surface area contributed by atoms with Gasteiger partial charge in [0.2, 0.25) is 0 Å². The Hall–Kier alpha value is -0.870. The summed E-state index contributed by atoms with van der Waals surface area (Å²) in [6.45, 7) is 3.34. The van der Waals surface area contributed by atoms with Crippen LogP contribution in [-0.4, -0.2) is 37.8 Å². The molecule has 1 aromatic rings. The van der Waals surface area contributed by atoms with Gasteiger partial charge in [0.25, 0.3) is 0 Å². The molecule has 0 spiro atoms. The maximum absolute atomic E-state index is 12.9. The third kappa shape index (κ3) is 1.96. The predicted octanol–water partition coefficient (Wildman–Crippen LogP) is 1.20. The normalized spacial score (nSPS) is 20.9. The monoisotopic (exact) mass is 198 g/mol. The van der Waals surface area contributed by atoms with E-state index in [1.807, 2.05) is 6.07 Å². The molecule has 0 aliphatic carbocycles. The van der Waals surface area contributed by atoms with Crippen molar-refractivity contribution in [1.29, 1.82) is 0 Å². The number of piperazine rings is 1. The average Bonchev–Trinajstić information content (AvgIpc) is 2.74. The minimum atomic E-state index is -0.348. The molecule has 0 unspecified atom stereocenters. The average molecular weight is 198 g/mol. The molecule has 78 valence electrons. The van der Waals surface area contributed by atoms with Gasteiger partial charge < -0.3 is 9.73 Å². The van der Waals surface area contributed by atoms with Gasteiger partial charge in [-0.25, -0.2) is 4.39 Å². The SMILES string of the molecule is FC[C@@H](c1ccoc1)N1CCNCC1. The van der Waals surface area contributed by atoms with Crippen LogP contribution in [0.25, 0.3) is 0 Å². The van der Waals surface area contributed by atoms with Crippen LogP contribution in [0.3, 0.4) is 0 Å². The van der Waals surface area contributed by atoms with Crippen LogP contribution in [0.4, 0.5) is 4.39 Å². The van der Waals surface area contributed by atoms with E-state index in [0.29, 0.717) is 0 Å². The van der Waals surface area contributed by atoms with Crippen molar-refractivity contribution in [2.75, 3.05) is 32.9 Å². The first kappa shape index (κ1) is 9.68. The van der Waals surface area contributed by atoms with Gasteiger partial charge in [-0.05, 0) is 6.07 Å². The van der Waals surface area contributed by atoms with Crippen LogP contribution in [0.2, 0.25) is 0 Å². The van der Waals surface area contributed by atoms with E-state index >= 15 is 0 Å². The molecule has 1 atom stereocenters. The van der Waals surface area contributed by atoms with Gasteiger partial charge in [-0.15, -0.1) is 0 Å². The summed E-state index contributed by atoms with van der Waals surface area (Å²) in [5.74, 6) is 0. The van der Waals surface area contributed by atoms with E-state index in [9.17, 15) is 4.39 Å². The lowest BCUT2D eigenvalue weighted by Crippen LogP contribution is -2.45. The van der Waals surface area contributed by atoms with Gasteiger partial charge in [0, 0.05) is 31.7 Å². The van der Waals surface area contributed by atoms with Crippen LogP contribution < -0.4 is 5.32 Å². The Morgan fingerprint density at radius 3 is 2.86 bits per heavy atom. The molecule has 3 nitrogen and oxygen atoms in total. The standard InChI is InChI=1S/C10H15FN2O/c11-7-10(9-1-6-14-8-9)13-4-2-12-3-5-13/h1,6,8,10,12H,2-5,7H2/t10-/m0/s1. The Labute approximate surface area is 82.9 Å². The number of furan rings is 1. The summed E-state index contributed by atoms with van der Waals surface area (Å²) in [5, 5.41) is 3.25. The second kappa shape index (κ2) is 4.57. The zero-order valence-corrected chi connectivity index (χ0v) is 8.08. The van der Waals surface area contributed by atoms with Crippen molar-refractivity contribution in [2.45, 2.75) is 6.04 Å². The number of hydrogen-bond donors (Lipinski definition) is 1. The van der Waals surface area contributed by atoms with Crippen molar-refractivity contribution in [3.05, 3.63) is 24.2 Å². The van der Waals surface area contributed by atoms with E-state index in [4.69, 9.17) is 4.42 Å². The molecule has 0 saturated carbocycles. The largest absolute Gasteiger partial charge is 0.472 e. The highest BCUT2D eigenvalue weighted by atomic mass is 19.1. The van der Waals surface area contributed by atoms with Gasteiger partial charge in [-0.1, -0.05) is 0 Å². The van der Waals surface area contributed by atoms with Crippen LogP contribution in [0, 0.1) is 0 Å². The zero-order chi connectivity index (χ0) is 9.80. The van der Waals surface area contributed by atoms with Crippen molar-refractivity contribution in [3.8, 4) is 0 Å². The summed E-state index contributed by atoms with van der Waals surface area (Å²) >= 11 is 0. The lowest BCUT2D eigenvalue weighted by Gasteiger charge is -2.32. The fourth-order valence-corrected chi connectivity index (χ4v) is 1.86. The molecule has 1 N–H and O–H groups in total. The summed E-state index contributed by atoms with van der Waals surface area (Å²) in [7, 11) is 0. The topological polar surface area (TPSA) is 28.4 Å². The second-order valence-corrected chi connectivity index (χ2v) is 3.51. The van der Waals surface area contributed by atoms with E-state index in [1.165, 1.54) is 0 Å². The lowest BCUT2D eigenvalue weighted by molar-refractivity contribution is 0.147. The van der Waals surface area contributed by atoms with Crippen LogP contribution in [0.5, 0.6) is 0 Å². The molecular formula is C10H15FN2O. The zero-order valence-electron chi connectivity index (χ0n) is 8.08. The molecule has 0 aromatic carbocycles. The fourth-order valence-electron chi connectivity index (χ4n) is 1.86. The van der Waals surface area contributed by atoms with E-state index in [-0.39, 0.29) is 12.7 Å². The number of nitrogens with one attached hydrogen (secondary N) is 1. The number of halogens is 1. The highest BCUT2D eigenvalue weighted by Gasteiger charge is 2.22. The molecule has 2 heterocycles. The fraction of sp³-hybridized carbons (Fsp3) is 0.600. The second-order valence-electron chi connectivity index (χ2n) is 3.51. The van der Waals surface area contributed by atoms with Crippen molar-refractivity contribution in [2.24, 2.45) is 0 Å². The molecule has 4 heteroatoms. The van der Waals surface area contributed by atoms with Crippen molar-refractivity contribution >= 4 is 0 Å². The molecule has 1 aliphatic heterocycles. The molecule has 1 saturated heterocycles. The number of rotatable bonds is 3. The summed E-state index contributed by atoms with van der Waals surface area (Å²) in [4.78, 5) is 2.15. The van der Waals surface area contributed by atoms with Gasteiger partial charge in [-0.2, -0.15) is 0 Å².